The molecule has 1 N–H and O–H groups in total. The van der Waals surface area contributed by atoms with Crippen molar-refractivity contribution >= 4 is 23.8 Å². The summed E-state index contributed by atoms with van der Waals surface area (Å²) in [7, 11) is 0. The second-order valence-corrected chi connectivity index (χ2v) is 8.67. The summed E-state index contributed by atoms with van der Waals surface area (Å²) in [4.78, 5) is 19.3. The number of aliphatic carboxylic acids is 1. The maximum absolute atomic E-state index is 12.6. The number of benzene rings is 2. The Bertz CT molecular complexity index is 1150. The van der Waals surface area contributed by atoms with Crippen LogP contribution < -0.4 is 4.74 Å². The van der Waals surface area contributed by atoms with Crippen molar-refractivity contribution in [1.82, 2.24) is 4.98 Å². The molecule has 36 heavy (non-hydrogen) atoms. The highest BCUT2D eigenvalue weighted by atomic mass is 35.5. The van der Waals surface area contributed by atoms with Gasteiger partial charge in [-0.25, -0.2) is 0 Å². The fraction of sp³-hybridized carbons (Fsp3) is 0.296. The molecule has 0 aliphatic heterocycles. The van der Waals surface area contributed by atoms with Gasteiger partial charge >= 0.3 is 12.3 Å². The molecule has 1 heterocycles. The molecule has 190 valence electrons. The maximum atomic E-state index is 12.6. The molecule has 2 aromatic carbocycles. The summed E-state index contributed by atoms with van der Waals surface area (Å²) in [5.41, 5.74) is 3.44. The first kappa shape index (κ1) is 27.2. The molecule has 3 aromatic rings. The zero-order valence-electron chi connectivity index (χ0n) is 19.6. The zero-order chi connectivity index (χ0) is 26.1. The van der Waals surface area contributed by atoms with Gasteiger partial charge in [0.15, 0.2) is 0 Å². The van der Waals surface area contributed by atoms with Crippen molar-refractivity contribution in [1.29, 1.82) is 0 Å². The molecule has 0 aliphatic rings. The van der Waals surface area contributed by atoms with Gasteiger partial charge in [0, 0.05) is 30.6 Å². The number of aliphatic imine (C=N–C) groups is 1. The Kier molecular flexibility index (Phi) is 9.47. The molecule has 0 fully saturated rings. The van der Waals surface area contributed by atoms with Crippen LogP contribution in [0, 0.1) is 0 Å². The van der Waals surface area contributed by atoms with Crippen LogP contribution in [0.5, 0.6) is 5.75 Å². The van der Waals surface area contributed by atoms with E-state index in [-0.39, 0.29) is 30.6 Å². The number of hydrogen-bond acceptors (Lipinski definition) is 4. The largest absolute Gasteiger partial charge is 0.573 e. The van der Waals surface area contributed by atoms with Gasteiger partial charge in [-0.05, 0) is 53.3 Å². The van der Waals surface area contributed by atoms with Crippen molar-refractivity contribution in [2.45, 2.75) is 44.4 Å². The molecule has 0 bridgehead atoms. The second kappa shape index (κ2) is 12.5. The monoisotopic (exact) mass is 518 g/mol. The molecule has 0 radical (unpaired) electrons. The number of nitrogens with zero attached hydrogens (tertiary/aromatic N) is 2. The predicted molar refractivity (Wildman–Crippen MR) is 133 cm³/mol. The van der Waals surface area contributed by atoms with E-state index in [2.05, 4.69) is 21.6 Å². The van der Waals surface area contributed by atoms with Crippen LogP contribution in [0.25, 0.3) is 0 Å². The Morgan fingerprint density at radius 3 is 2.31 bits per heavy atom. The molecule has 0 saturated heterocycles. The van der Waals surface area contributed by atoms with E-state index in [9.17, 15) is 18.0 Å². The van der Waals surface area contributed by atoms with Crippen LogP contribution in [0.1, 0.15) is 60.4 Å². The van der Waals surface area contributed by atoms with Gasteiger partial charge in [0.25, 0.3) is 0 Å². The Balaban J connectivity index is 1.94. The van der Waals surface area contributed by atoms with Crippen LogP contribution in [0.15, 0.2) is 71.9 Å². The van der Waals surface area contributed by atoms with Gasteiger partial charge in [0.2, 0.25) is 0 Å². The van der Waals surface area contributed by atoms with E-state index in [1.807, 2.05) is 30.3 Å². The third-order valence-corrected chi connectivity index (χ3v) is 5.83. The lowest BCUT2D eigenvalue weighted by Gasteiger charge is -2.28. The first-order valence-corrected chi connectivity index (χ1v) is 11.8. The lowest BCUT2D eigenvalue weighted by atomic mass is 9.76. The van der Waals surface area contributed by atoms with Gasteiger partial charge < -0.3 is 9.84 Å². The maximum Gasteiger partial charge on any atom is 0.573 e. The van der Waals surface area contributed by atoms with E-state index < -0.39 is 12.3 Å². The minimum Gasteiger partial charge on any atom is -0.481 e. The molecule has 0 saturated carbocycles. The van der Waals surface area contributed by atoms with Crippen molar-refractivity contribution in [2.75, 3.05) is 6.54 Å². The number of alkyl halides is 3. The number of hydrogen-bond donors (Lipinski definition) is 1. The predicted octanol–water partition coefficient (Wildman–Crippen LogP) is 7.24. The standard InChI is InChI=1S/C27H26ClF3N2O3/c1-2-3-23(19-6-4-18(5-7-19)16-32-15-14-25(34)35)26(24-13-10-21(28)17-33-24)20-8-11-22(12-9-20)36-27(29,30)31/h4-13,16-17,23,26H,2-3,14-15H2,1H3,(H,34,35). The van der Waals surface area contributed by atoms with Gasteiger partial charge in [-0.2, -0.15) is 0 Å². The van der Waals surface area contributed by atoms with Gasteiger partial charge in [-0.1, -0.05) is 61.3 Å². The molecule has 2 unspecified atom stereocenters. The van der Waals surface area contributed by atoms with E-state index in [0.29, 0.717) is 5.02 Å². The lowest BCUT2D eigenvalue weighted by molar-refractivity contribution is -0.274. The van der Waals surface area contributed by atoms with Gasteiger partial charge in [0.05, 0.1) is 11.4 Å². The molecule has 1 aromatic heterocycles. The van der Waals surface area contributed by atoms with Crippen molar-refractivity contribution in [3.8, 4) is 5.75 Å². The highest BCUT2D eigenvalue weighted by Gasteiger charge is 2.32. The first-order chi connectivity index (χ1) is 17.2. The van der Waals surface area contributed by atoms with E-state index in [1.54, 1.807) is 30.6 Å². The lowest BCUT2D eigenvalue weighted by Crippen LogP contribution is -2.17. The van der Waals surface area contributed by atoms with Crippen molar-refractivity contribution < 1.29 is 27.8 Å². The second-order valence-electron chi connectivity index (χ2n) is 8.24. The Morgan fingerprint density at radius 1 is 1.08 bits per heavy atom. The summed E-state index contributed by atoms with van der Waals surface area (Å²) in [6.07, 6.45) is 0.0892. The van der Waals surface area contributed by atoms with Gasteiger partial charge in [-0.3, -0.25) is 14.8 Å². The SMILES string of the molecule is CCCC(c1ccc(C=NCCC(=O)O)cc1)C(c1ccc(OC(F)(F)F)cc1)c1ccc(Cl)cn1. The molecule has 0 amide bonds. The number of carboxylic acid groups (broad SMARTS) is 1. The number of ether oxygens (including phenoxy) is 1. The van der Waals surface area contributed by atoms with Crippen LogP contribution >= 0.6 is 11.6 Å². The number of pyridine rings is 1. The minimum absolute atomic E-state index is 0.0175. The molecular weight excluding hydrogens is 493 g/mol. The first-order valence-electron chi connectivity index (χ1n) is 11.4. The summed E-state index contributed by atoms with van der Waals surface area (Å²) in [5, 5.41) is 9.23. The molecular formula is C27H26ClF3N2O3. The Morgan fingerprint density at radius 2 is 1.75 bits per heavy atom. The smallest absolute Gasteiger partial charge is 0.481 e. The average Bonchev–Trinajstić information content (AvgIpc) is 2.83. The summed E-state index contributed by atoms with van der Waals surface area (Å²) >= 11 is 6.06. The molecule has 9 heteroatoms. The summed E-state index contributed by atoms with van der Waals surface area (Å²) in [6, 6.07) is 17.3. The molecule has 3 rings (SSSR count). The van der Waals surface area contributed by atoms with Crippen molar-refractivity contribution in [2.24, 2.45) is 4.99 Å². The molecule has 0 spiro atoms. The molecule has 5 nitrogen and oxygen atoms in total. The number of carboxylic acids is 1. The summed E-state index contributed by atoms with van der Waals surface area (Å²) in [5.74, 6) is -1.44. The average molecular weight is 519 g/mol. The van der Waals surface area contributed by atoms with E-state index in [4.69, 9.17) is 16.7 Å². The fourth-order valence-electron chi connectivity index (χ4n) is 4.05. The van der Waals surface area contributed by atoms with Crippen molar-refractivity contribution in [3.05, 3.63) is 94.3 Å². The third-order valence-electron chi connectivity index (χ3n) is 5.60. The topological polar surface area (TPSA) is 71.8 Å². The number of halogens is 4. The Hall–Kier alpha value is -3.39. The molecule has 2 atom stereocenters. The van der Waals surface area contributed by atoms with Gasteiger partial charge in [0.1, 0.15) is 5.75 Å². The van der Waals surface area contributed by atoms with Crippen LogP contribution in [-0.2, 0) is 4.79 Å². The number of rotatable bonds is 11. The van der Waals surface area contributed by atoms with Crippen LogP contribution in [0.2, 0.25) is 5.02 Å². The van der Waals surface area contributed by atoms with Crippen LogP contribution in [0.4, 0.5) is 13.2 Å². The quantitative estimate of drug-likeness (QED) is 0.271. The van der Waals surface area contributed by atoms with E-state index in [0.717, 1.165) is 35.2 Å². The van der Waals surface area contributed by atoms with Crippen LogP contribution in [0.3, 0.4) is 0 Å². The zero-order valence-corrected chi connectivity index (χ0v) is 20.3. The van der Waals surface area contributed by atoms with E-state index >= 15 is 0 Å². The number of aromatic nitrogens is 1. The normalized spacial score (nSPS) is 13.5. The third kappa shape index (κ3) is 8.09. The van der Waals surface area contributed by atoms with Crippen LogP contribution in [-0.4, -0.2) is 35.2 Å². The van der Waals surface area contributed by atoms with Crippen molar-refractivity contribution in [3.63, 3.8) is 0 Å². The minimum atomic E-state index is -4.76. The summed E-state index contributed by atoms with van der Waals surface area (Å²) < 4.78 is 42.0. The fourth-order valence-corrected chi connectivity index (χ4v) is 4.17. The number of carbonyl (C=O) groups is 1. The highest BCUT2D eigenvalue weighted by molar-refractivity contribution is 6.30. The highest BCUT2D eigenvalue weighted by Crippen LogP contribution is 2.41. The molecule has 0 aliphatic carbocycles. The summed E-state index contributed by atoms with van der Waals surface area (Å²) in [6.45, 7) is 2.27. The Labute approximate surface area is 212 Å². The van der Waals surface area contributed by atoms with Gasteiger partial charge in [-0.15, -0.1) is 13.2 Å². The van der Waals surface area contributed by atoms with E-state index in [1.165, 1.54) is 12.1 Å².